The molecule has 3 aromatic rings. The van der Waals surface area contributed by atoms with Gasteiger partial charge in [-0.2, -0.15) is 5.26 Å². The number of hydrogen-bond donors (Lipinski definition) is 2. The molecular weight excluding hydrogens is 526 g/mol. The summed E-state index contributed by atoms with van der Waals surface area (Å²) in [5, 5.41) is 14.1. The van der Waals surface area contributed by atoms with Crippen molar-refractivity contribution in [2.45, 2.75) is 59.7 Å². The number of amides is 2. The zero-order chi connectivity index (χ0) is 26.8. The average molecular weight is 549 g/mol. The predicted octanol–water partition coefficient (Wildman–Crippen LogP) is 3.68. The lowest BCUT2D eigenvalue weighted by atomic mass is 9.66. The van der Waals surface area contributed by atoms with Crippen molar-refractivity contribution >= 4 is 44.0 Å². The van der Waals surface area contributed by atoms with Crippen LogP contribution in [0.4, 0.5) is 8.78 Å². The molecule has 2 fully saturated rings. The smallest absolute Gasteiger partial charge is 0.284 e. The summed E-state index contributed by atoms with van der Waals surface area (Å²) in [5.74, 6) is -4.87. The van der Waals surface area contributed by atoms with E-state index in [0.29, 0.717) is 29.5 Å². The van der Waals surface area contributed by atoms with Crippen LogP contribution in [0.2, 0.25) is 0 Å². The summed E-state index contributed by atoms with van der Waals surface area (Å²) in [6, 6.07) is 6.80. The first-order valence-corrected chi connectivity index (χ1v) is 14.2. The lowest BCUT2D eigenvalue weighted by molar-refractivity contribution is -0.132. The standard InChI is InChI=1S/C24H22F2N4O5S2/c1-37(33,34)21-29-15(11-36-21)13-2-3-14-16(10-13)35-18(19(28)31)17(14)23(6-8-24(25,26)9-7-23)20(32)30-22(12-27)4-5-22/h2-3,10-11H,4-9H2,1H3,(H2,28,31)(H,30,32). The molecule has 2 saturated carbocycles. The summed E-state index contributed by atoms with van der Waals surface area (Å²) in [5.41, 5.74) is 4.15. The van der Waals surface area contributed by atoms with Gasteiger partial charge in [0.05, 0.1) is 17.2 Å². The summed E-state index contributed by atoms with van der Waals surface area (Å²) in [7, 11) is -3.51. The van der Waals surface area contributed by atoms with Crippen LogP contribution in [0.25, 0.3) is 22.2 Å². The van der Waals surface area contributed by atoms with Gasteiger partial charge in [0.25, 0.3) is 5.91 Å². The summed E-state index contributed by atoms with van der Waals surface area (Å²) in [6.45, 7) is 0. The number of benzene rings is 1. The molecule has 0 aliphatic heterocycles. The number of nitriles is 1. The Morgan fingerprint density at radius 2 is 1.86 bits per heavy atom. The Kier molecular flexibility index (Phi) is 5.69. The van der Waals surface area contributed by atoms with Gasteiger partial charge >= 0.3 is 0 Å². The van der Waals surface area contributed by atoms with Crippen molar-refractivity contribution in [1.29, 1.82) is 5.26 Å². The quantitative estimate of drug-likeness (QED) is 0.476. The van der Waals surface area contributed by atoms with Crippen molar-refractivity contribution in [3.63, 3.8) is 0 Å². The molecule has 37 heavy (non-hydrogen) atoms. The van der Waals surface area contributed by atoms with Crippen molar-refractivity contribution in [3.8, 4) is 17.3 Å². The minimum Gasteiger partial charge on any atom is -0.451 e. The SMILES string of the molecule is CS(=O)(=O)c1nc(-c2ccc3c(C4(C(=O)NC5(C#N)CC5)CCC(F)(F)CC4)c(C(N)=O)oc3c2)cs1. The van der Waals surface area contributed by atoms with E-state index < -0.39 is 51.4 Å². The second-order valence-corrected chi connectivity index (χ2v) is 12.8. The number of carbonyl (C=O) groups is 2. The number of sulfone groups is 1. The Hall–Kier alpha value is -3.37. The van der Waals surface area contributed by atoms with Crippen LogP contribution < -0.4 is 11.1 Å². The van der Waals surface area contributed by atoms with E-state index in [1.54, 1.807) is 17.5 Å². The van der Waals surface area contributed by atoms with Crippen LogP contribution in [0, 0.1) is 11.3 Å². The third-order valence-electron chi connectivity index (χ3n) is 7.07. The molecule has 0 bridgehead atoms. The second kappa shape index (κ2) is 8.32. The van der Waals surface area contributed by atoms with Crippen molar-refractivity contribution in [2.24, 2.45) is 5.73 Å². The highest BCUT2D eigenvalue weighted by atomic mass is 32.2. The highest BCUT2D eigenvalue weighted by molar-refractivity contribution is 7.92. The van der Waals surface area contributed by atoms with Crippen LogP contribution in [0.15, 0.2) is 32.3 Å². The number of hydrogen-bond acceptors (Lipinski definition) is 8. The Labute approximate surface area is 214 Å². The number of fused-ring (bicyclic) bond motifs is 1. The van der Waals surface area contributed by atoms with Crippen molar-refractivity contribution < 1.29 is 31.2 Å². The van der Waals surface area contributed by atoms with Crippen LogP contribution in [-0.4, -0.2) is 42.9 Å². The highest BCUT2D eigenvalue weighted by Gasteiger charge is 2.55. The van der Waals surface area contributed by atoms with E-state index in [2.05, 4.69) is 16.4 Å². The zero-order valence-electron chi connectivity index (χ0n) is 19.6. The third kappa shape index (κ3) is 4.38. The van der Waals surface area contributed by atoms with E-state index in [0.717, 1.165) is 17.6 Å². The number of carbonyl (C=O) groups excluding carboxylic acids is 2. The van der Waals surface area contributed by atoms with E-state index in [1.807, 2.05) is 0 Å². The summed E-state index contributed by atoms with van der Waals surface area (Å²) in [4.78, 5) is 30.3. The molecule has 2 amide bonds. The van der Waals surface area contributed by atoms with Gasteiger partial charge in [-0.3, -0.25) is 9.59 Å². The fraction of sp³-hybridized carbons (Fsp3) is 0.417. The molecule has 194 valence electrons. The number of nitrogens with two attached hydrogens (primary N) is 1. The van der Waals surface area contributed by atoms with Gasteiger partial charge in [0.15, 0.2) is 5.76 Å². The number of aromatic nitrogens is 1. The van der Waals surface area contributed by atoms with Gasteiger partial charge in [0.1, 0.15) is 11.1 Å². The number of nitrogens with one attached hydrogen (secondary N) is 1. The first-order valence-electron chi connectivity index (χ1n) is 11.4. The van der Waals surface area contributed by atoms with Crippen LogP contribution in [0.3, 0.4) is 0 Å². The maximum atomic E-state index is 14.2. The number of primary amides is 1. The van der Waals surface area contributed by atoms with Gasteiger partial charge in [-0.25, -0.2) is 22.2 Å². The van der Waals surface area contributed by atoms with Crippen LogP contribution in [0.5, 0.6) is 0 Å². The van der Waals surface area contributed by atoms with Crippen molar-refractivity contribution in [3.05, 3.63) is 34.9 Å². The van der Waals surface area contributed by atoms with Crippen molar-refractivity contribution in [2.75, 3.05) is 6.26 Å². The summed E-state index contributed by atoms with van der Waals surface area (Å²) < 4.78 is 57.8. The van der Waals surface area contributed by atoms with Crippen molar-refractivity contribution in [1.82, 2.24) is 10.3 Å². The monoisotopic (exact) mass is 548 g/mol. The van der Waals surface area contributed by atoms with E-state index in [1.165, 1.54) is 6.07 Å². The third-order valence-corrected chi connectivity index (χ3v) is 9.63. The number of rotatable bonds is 6. The molecule has 2 aliphatic rings. The Bertz CT molecular complexity index is 1590. The fourth-order valence-electron chi connectivity index (χ4n) is 4.82. The largest absolute Gasteiger partial charge is 0.451 e. The molecule has 0 atom stereocenters. The molecule has 2 heterocycles. The van der Waals surface area contributed by atoms with E-state index in [-0.39, 0.29) is 34.1 Å². The maximum absolute atomic E-state index is 14.2. The summed E-state index contributed by atoms with van der Waals surface area (Å²) >= 11 is 0.955. The molecule has 2 aromatic heterocycles. The normalized spacial score (nSPS) is 19.7. The molecule has 0 spiro atoms. The topological polar surface area (TPSA) is 156 Å². The average Bonchev–Trinajstić information content (AvgIpc) is 3.25. The molecule has 0 saturated heterocycles. The van der Waals surface area contributed by atoms with Crippen LogP contribution in [0.1, 0.15) is 54.6 Å². The van der Waals surface area contributed by atoms with E-state index in [4.69, 9.17) is 10.2 Å². The molecule has 9 nitrogen and oxygen atoms in total. The number of thiazole rings is 1. The van der Waals surface area contributed by atoms with Gasteiger partial charge in [0, 0.05) is 41.0 Å². The minimum absolute atomic E-state index is 0.0641. The minimum atomic E-state index is -3.51. The van der Waals surface area contributed by atoms with Crippen LogP contribution >= 0.6 is 11.3 Å². The molecule has 0 unspecified atom stereocenters. The number of nitrogens with zero attached hydrogens (tertiary/aromatic N) is 2. The fourth-order valence-corrected chi connectivity index (χ4v) is 6.48. The van der Waals surface area contributed by atoms with E-state index >= 15 is 0 Å². The van der Waals surface area contributed by atoms with Gasteiger partial charge in [-0.15, -0.1) is 11.3 Å². The molecule has 0 radical (unpaired) electrons. The molecule has 2 aliphatic carbocycles. The maximum Gasteiger partial charge on any atom is 0.284 e. The molecule has 5 rings (SSSR count). The predicted molar refractivity (Wildman–Crippen MR) is 130 cm³/mol. The lowest BCUT2D eigenvalue weighted by Gasteiger charge is -2.39. The Morgan fingerprint density at radius 3 is 2.41 bits per heavy atom. The number of furan rings is 1. The zero-order valence-corrected chi connectivity index (χ0v) is 21.3. The van der Waals surface area contributed by atoms with Gasteiger partial charge < -0.3 is 15.5 Å². The molecule has 3 N–H and O–H groups in total. The Morgan fingerprint density at radius 1 is 1.19 bits per heavy atom. The number of halogens is 2. The molecule has 13 heteroatoms. The molecule has 1 aromatic carbocycles. The first kappa shape index (κ1) is 25.3. The second-order valence-electron chi connectivity index (χ2n) is 9.74. The van der Waals surface area contributed by atoms with E-state index in [9.17, 15) is 32.0 Å². The number of alkyl halides is 2. The van der Waals surface area contributed by atoms with Crippen LogP contribution in [-0.2, 0) is 20.0 Å². The Balaban J connectivity index is 1.65. The molecular formula is C24H22F2N4O5S2. The van der Waals surface area contributed by atoms with Gasteiger partial charge in [-0.1, -0.05) is 12.1 Å². The first-order chi connectivity index (χ1) is 17.3. The lowest BCUT2D eigenvalue weighted by Crippen LogP contribution is -2.52. The highest BCUT2D eigenvalue weighted by Crippen LogP contribution is 2.50. The summed E-state index contributed by atoms with van der Waals surface area (Å²) in [6.07, 6.45) is 0.228. The van der Waals surface area contributed by atoms with Gasteiger partial charge in [0.2, 0.25) is 26.0 Å². The van der Waals surface area contributed by atoms with Gasteiger partial charge in [-0.05, 0) is 31.7 Å².